The van der Waals surface area contributed by atoms with Crippen LogP contribution in [0, 0.1) is 6.92 Å². The van der Waals surface area contributed by atoms with Crippen LogP contribution in [0.25, 0.3) is 0 Å². The minimum absolute atomic E-state index is 0.165. The number of aryl methyl sites for hydroxylation is 1. The van der Waals surface area contributed by atoms with Crippen molar-refractivity contribution in [3.8, 4) is 0 Å². The van der Waals surface area contributed by atoms with E-state index in [0.717, 1.165) is 20.6 Å². The highest BCUT2D eigenvalue weighted by atomic mass is 79.9. The molecule has 2 amide bonds. The lowest BCUT2D eigenvalue weighted by Crippen LogP contribution is -2.36. The first-order chi connectivity index (χ1) is 12.9. The molecule has 0 saturated carbocycles. The molecule has 1 aromatic carbocycles. The maximum Gasteiger partial charge on any atom is 0.264 e. The van der Waals surface area contributed by atoms with Crippen LogP contribution in [0.1, 0.15) is 23.3 Å². The van der Waals surface area contributed by atoms with Gasteiger partial charge in [-0.15, -0.1) is 11.3 Å². The number of halogens is 2. The number of carbonyl (C=O) groups excluding carboxylic acids is 2. The van der Waals surface area contributed by atoms with E-state index in [9.17, 15) is 9.59 Å². The third kappa shape index (κ3) is 5.31. The minimum atomic E-state index is -0.684. The molecule has 2 N–H and O–H groups in total. The van der Waals surface area contributed by atoms with Crippen LogP contribution in [0.15, 0.2) is 40.0 Å². The maximum atomic E-state index is 12.2. The quantitative estimate of drug-likeness (QED) is 0.667. The summed E-state index contributed by atoms with van der Waals surface area (Å²) in [7, 11) is 0. The second kappa shape index (κ2) is 8.86. The molecule has 0 bridgehead atoms. The minimum Gasteiger partial charge on any atom is -0.382 e. The summed E-state index contributed by atoms with van der Waals surface area (Å²) in [4.78, 5) is 30.4. The Morgan fingerprint density at radius 2 is 2.19 bits per heavy atom. The zero-order valence-corrected chi connectivity index (χ0v) is 17.6. The fourth-order valence-corrected chi connectivity index (χ4v) is 3.88. The van der Waals surface area contributed by atoms with Gasteiger partial charge < -0.3 is 15.5 Å². The van der Waals surface area contributed by atoms with Gasteiger partial charge in [0.15, 0.2) is 0 Å². The van der Waals surface area contributed by atoms with E-state index in [2.05, 4.69) is 31.7 Å². The Hall–Kier alpha value is -1.90. The van der Waals surface area contributed by atoms with Gasteiger partial charge >= 0.3 is 0 Å². The van der Waals surface area contributed by atoms with Gasteiger partial charge in [-0.05, 0) is 36.8 Å². The second-order valence-electron chi connectivity index (χ2n) is 5.99. The molecule has 1 unspecified atom stereocenters. The number of rotatable bonds is 6. The van der Waals surface area contributed by atoms with Gasteiger partial charge in [-0.25, -0.2) is 0 Å². The summed E-state index contributed by atoms with van der Waals surface area (Å²) >= 11 is 10.7. The average Bonchev–Trinajstić information content (AvgIpc) is 3.27. The molecule has 3 rings (SSSR count). The lowest BCUT2D eigenvalue weighted by molar-refractivity contribution is -0.131. The number of oxime groups is 1. The molecule has 0 radical (unpaired) electrons. The predicted molar refractivity (Wildman–Crippen MR) is 110 cm³/mol. The Morgan fingerprint density at radius 1 is 1.37 bits per heavy atom. The molecule has 1 aliphatic heterocycles. The third-order valence-electron chi connectivity index (χ3n) is 3.94. The average molecular weight is 471 g/mol. The van der Waals surface area contributed by atoms with Crippen LogP contribution in [0.4, 0.5) is 5.69 Å². The van der Waals surface area contributed by atoms with Gasteiger partial charge in [-0.1, -0.05) is 38.8 Å². The van der Waals surface area contributed by atoms with Gasteiger partial charge in [-0.2, -0.15) is 0 Å². The lowest BCUT2D eigenvalue weighted by Gasteiger charge is -2.11. The molecule has 1 aliphatic rings. The Labute approximate surface area is 174 Å². The van der Waals surface area contributed by atoms with Crippen LogP contribution in [0.3, 0.4) is 0 Å². The molecule has 0 spiro atoms. The van der Waals surface area contributed by atoms with E-state index in [0.29, 0.717) is 16.5 Å². The fourth-order valence-electron chi connectivity index (χ4n) is 2.49. The third-order valence-corrected chi connectivity index (χ3v) is 5.72. The van der Waals surface area contributed by atoms with Crippen molar-refractivity contribution in [1.29, 1.82) is 0 Å². The highest BCUT2D eigenvalue weighted by molar-refractivity contribution is 9.10. The number of anilines is 1. The van der Waals surface area contributed by atoms with Crippen molar-refractivity contribution in [1.82, 2.24) is 5.32 Å². The molecule has 2 heterocycles. The van der Waals surface area contributed by atoms with Gasteiger partial charge in [0.05, 0.1) is 9.21 Å². The van der Waals surface area contributed by atoms with E-state index >= 15 is 0 Å². The van der Waals surface area contributed by atoms with Crippen LogP contribution >= 0.6 is 38.9 Å². The first kappa shape index (κ1) is 19.9. The van der Waals surface area contributed by atoms with Crippen LogP contribution in [0.5, 0.6) is 0 Å². The Balaban J connectivity index is 1.42. The molecule has 0 saturated heterocycles. The zero-order chi connectivity index (χ0) is 19.4. The van der Waals surface area contributed by atoms with Gasteiger partial charge in [-0.3, -0.25) is 9.59 Å². The molecule has 0 aliphatic carbocycles. The zero-order valence-electron chi connectivity index (χ0n) is 14.4. The summed E-state index contributed by atoms with van der Waals surface area (Å²) in [6.07, 6.45) is -0.138. The lowest BCUT2D eigenvalue weighted by atomic mass is 10.1. The van der Waals surface area contributed by atoms with Gasteiger partial charge in [0.25, 0.3) is 5.91 Å². The number of amides is 2. The summed E-state index contributed by atoms with van der Waals surface area (Å²) in [5.74, 6) is -0.461. The molecule has 142 valence electrons. The van der Waals surface area contributed by atoms with Crippen molar-refractivity contribution >= 4 is 62.1 Å². The SMILES string of the molecule is Cc1ccc(Br)cc1NC(=O)CCNC(=O)C1CC(c2ccc(Cl)s2)=NO1. The predicted octanol–water partition coefficient (Wildman–Crippen LogP) is 4.11. The smallest absolute Gasteiger partial charge is 0.264 e. The van der Waals surface area contributed by atoms with Crippen LogP contribution < -0.4 is 10.6 Å². The Bertz CT molecular complexity index is 900. The standard InChI is InChI=1S/C18H17BrClN3O3S/c1-10-2-3-11(19)8-12(10)22-17(24)6-7-21-18(25)14-9-13(23-26-14)15-4-5-16(20)27-15/h2-5,8,14H,6-7,9H2,1H3,(H,21,25)(H,22,24). The topological polar surface area (TPSA) is 79.8 Å². The Morgan fingerprint density at radius 3 is 2.93 bits per heavy atom. The van der Waals surface area contributed by atoms with E-state index in [-0.39, 0.29) is 24.8 Å². The van der Waals surface area contributed by atoms with Gasteiger partial charge in [0.1, 0.15) is 5.71 Å². The van der Waals surface area contributed by atoms with E-state index < -0.39 is 6.10 Å². The number of carbonyl (C=O) groups is 2. The first-order valence-electron chi connectivity index (χ1n) is 8.24. The second-order valence-corrected chi connectivity index (χ2v) is 8.62. The first-order valence-corrected chi connectivity index (χ1v) is 10.2. The highest BCUT2D eigenvalue weighted by Crippen LogP contribution is 2.26. The largest absolute Gasteiger partial charge is 0.382 e. The van der Waals surface area contributed by atoms with E-state index in [1.807, 2.05) is 31.2 Å². The number of benzene rings is 1. The number of thiophene rings is 1. The van der Waals surface area contributed by atoms with Crippen LogP contribution in [-0.4, -0.2) is 30.2 Å². The monoisotopic (exact) mass is 469 g/mol. The molecule has 27 heavy (non-hydrogen) atoms. The number of nitrogens with one attached hydrogen (secondary N) is 2. The molecule has 1 atom stereocenters. The van der Waals surface area contributed by atoms with Crippen LogP contribution in [-0.2, 0) is 14.4 Å². The number of hydrogen-bond acceptors (Lipinski definition) is 5. The van der Waals surface area contributed by atoms with Crippen molar-refractivity contribution in [2.45, 2.75) is 25.9 Å². The number of hydrogen-bond donors (Lipinski definition) is 2. The molecule has 1 aromatic heterocycles. The highest BCUT2D eigenvalue weighted by Gasteiger charge is 2.29. The fraction of sp³-hybridized carbons (Fsp3) is 0.278. The van der Waals surface area contributed by atoms with Gasteiger partial charge in [0.2, 0.25) is 12.0 Å². The summed E-state index contributed by atoms with van der Waals surface area (Å²) in [6.45, 7) is 2.14. The van der Waals surface area contributed by atoms with Crippen molar-refractivity contribution < 1.29 is 14.4 Å². The van der Waals surface area contributed by atoms with E-state index in [1.165, 1.54) is 11.3 Å². The molecule has 9 heteroatoms. The van der Waals surface area contributed by atoms with E-state index in [1.54, 1.807) is 6.07 Å². The molecule has 2 aromatic rings. The normalized spacial score (nSPS) is 15.8. The summed E-state index contributed by atoms with van der Waals surface area (Å²) in [6, 6.07) is 9.30. The molecule has 6 nitrogen and oxygen atoms in total. The maximum absolute atomic E-state index is 12.2. The van der Waals surface area contributed by atoms with Crippen molar-refractivity contribution in [2.24, 2.45) is 5.16 Å². The van der Waals surface area contributed by atoms with Crippen LogP contribution in [0.2, 0.25) is 4.34 Å². The molecular weight excluding hydrogens is 454 g/mol. The van der Waals surface area contributed by atoms with Gasteiger partial charge in [0, 0.05) is 29.5 Å². The van der Waals surface area contributed by atoms with E-state index in [4.69, 9.17) is 16.4 Å². The summed E-state index contributed by atoms with van der Waals surface area (Å²) in [5.41, 5.74) is 2.41. The summed E-state index contributed by atoms with van der Waals surface area (Å²) < 4.78 is 1.55. The molecular formula is C18H17BrClN3O3S. The van der Waals surface area contributed by atoms with Crippen molar-refractivity contribution in [3.63, 3.8) is 0 Å². The van der Waals surface area contributed by atoms with Crippen molar-refractivity contribution in [2.75, 3.05) is 11.9 Å². The number of nitrogens with zero attached hydrogens (tertiary/aromatic N) is 1. The van der Waals surface area contributed by atoms with Crippen molar-refractivity contribution in [3.05, 3.63) is 49.6 Å². The summed E-state index contributed by atoms with van der Waals surface area (Å²) in [5, 5.41) is 9.52. The molecule has 0 fully saturated rings. The Kier molecular flexibility index (Phi) is 6.51.